The van der Waals surface area contributed by atoms with E-state index in [-0.39, 0.29) is 11.6 Å². The molecule has 0 aromatic heterocycles. The molecule has 6 heteroatoms. The van der Waals surface area contributed by atoms with E-state index in [9.17, 15) is 13.6 Å². The first-order valence-electron chi connectivity index (χ1n) is 8.57. The molecule has 0 spiro atoms. The largest absolute Gasteiger partial charge is 0.494 e. The molecule has 1 saturated heterocycles. The predicted octanol–water partition coefficient (Wildman–Crippen LogP) is 3.30. The van der Waals surface area contributed by atoms with Gasteiger partial charge in [0.15, 0.2) is 0 Å². The fourth-order valence-electron chi connectivity index (χ4n) is 2.68. The highest BCUT2D eigenvalue weighted by Gasteiger charge is 2.36. The standard InChI is InChI=1S/C18H26F2N2O2/c1-2-3-12-24-16-6-4-14(5-7-16)18(19,20)13-17(23)22-10-8-15(21)9-11-22/h4-7,15H,2-3,8-13,21H2,1H3. The Morgan fingerprint density at radius 2 is 1.92 bits per heavy atom. The van der Waals surface area contributed by atoms with E-state index < -0.39 is 18.3 Å². The lowest BCUT2D eigenvalue weighted by Crippen LogP contribution is -2.44. The number of nitrogens with zero attached hydrogens (tertiary/aromatic N) is 1. The second-order valence-corrected chi connectivity index (χ2v) is 6.33. The molecule has 0 radical (unpaired) electrons. The van der Waals surface area contributed by atoms with Crippen molar-refractivity contribution in [3.8, 4) is 5.75 Å². The van der Waals surface area contributed by atoms with Crippen LogP contribution in [0, 0.1) is 0 Å². The Morgan fingerprint density at radius 3 is 2.50 bits per heavy atom. The first-order valence-corrected chi connectivity index (χ1v) is 8.57. The van der Waals surface area contributed by atoms with Crippen LogP contribution in [0.15, 0.2) is 24.3 Å². The summed E-state index contributed by atoms with van der Waals surface area (Å²) in [7, 11) is 0. The van der Waals surface area contributed by atoms with E-state index >= 15 is 0 Å². The number of carbonyl (C=O) groups excluding carboxylic acids is 1. The molecular weight excluding hydrogens is 314 g/mol. The van der Waals surface area contributed by atoms with Crippen LogP contribution in [0.25, 0.3) is 0 Å². The van der Waals surface area contributed by atoms with Crippen LogP contribution in [0.2, 0.25) is 0 Å². The van der Waals surface area contributed by atoms with Gasteiger partial charge in [0.05, 0.1) is 13.0 Å². The molecule has 1 aliphatic heterocycles. The normalized spacial score (nSPS) is 16.2. The third kappa shape index (κ3) is 5.16. The summed E-state index contributed by atoms with van der Waals surface area (Å²) < 4.78 is 34.2. The molecule has 0 aliphatic carbocycles. The third-order valence-electron chi connectivity index (χ3n) is 4.31. The predicted molar refractivity (Wildman–Crippen MR) is 89.1 cm³/mol. The fourth-order valence-corrected chi connectivity index (χ4v) is 2.68. The zero-order chi connectivity index (χ0) is 17.6. The Morgan fingerprint density at radius 1 is 1.29 bits per heavy atom. The van der Waals surface area contributed by atoms with Crippen LogP contribution in [0.3, 0.4) is 0 Å². The number of hydrogen-bond acceptors (Lipinski definition) is 3. The van der Waals surface area contributed by atoms with Gasteiger partial charge >= 0.3 is 0 Å². The number of halogens is 2. The van der Waals surface area contributed by atoms with E-state index in [1.807, 2.05) is 0 Å². The Kier molecular flexibility index (Phi) is 6.54. The van der Waals surface area contributed by atoms with Gasteiger partial charge in [-0.2, -0.15) is 0 Å². The van der Waals surface area contributed by atoms with Crippen LogP contribution < -0.4 is 10.5 Å². The van der Waals surface area contributed by atoms with E-state index in [2.05, 4.69) is 6.92 Å². The molecule has 0 bridgehead atoms. The van der Waals surface area contributed by atoms with Gasteiger partial charge in [-0.25, -0.2) is 8.78 Å². The Hall–Kier alpha value is -1.69. The molecule has 0 unspecified atom stereocenters. The number of alkyl halides is 2. The number of carbonyl (C=O) groups is 1. The van der Waals surface area contributed by atoms with Gasteiger partial charge in [-0.05, 0) is 43.5 Å². The van der Waals surface area contributed by atoms with E-state index in [4.69, 9.17) is 10.5 Å². The summed E-state index contributed by atoms with van der Waals surface area (Å²) >= 11 is 0. The number of likely N-dealkylation sites (tertiary alicyclic amines) is 1. The number of rotatable bonds is 7. The average molecular weight is 340 g/mol. The molecule has 134 valence electrons. The van der Waals surface area contributed by atoms with Crippen molar-refractivity contribution >= 4 is 5.91 Å². The molecule has 1 fully saturated rings. The SMILES string of the molecule is CCCCOc1ccc(C(F)(F)CC(=O)N2CCC(N)CC2)cc1. The molecule has 1 aromatic carbocycles. The molecule has 1 aliphatic rings. The van der Waals surface area contributed by atoms with Crippen molar-refractivity contribution in [2.45, 2.75) is 51.0 Å². The van der Waals surface area contributed by atoms with Crippen molar-refractivity contribution in [1.29, 1.82) is 0 Å². The molecule has 1 amide bonds. The number of amides is 1. The van der Waals surface area contributed by atoms with Gasteiger partial charge in [-0.15, -0.1) is 0 Å². The van der Waals surface area contributed by atoms with Gasteiger partial charge in [0.25, 0.3) is 5.92 Å². The van der Waals surface area contributed by atoms with Gasteiger partial charge in [-0.3, -0.25) is 4.79 Å². The van der Waals surface area contributed by atoms with Crippen LogP contribution in [0.5, 0.6) is 5.75 Å². The van der Waals surface area contributed by atoms with Crippen LogP contribution in [-0.4, -0.2) is 36.5 Å². The summed E-state index contributed by atoms with van der Waals surface area (Å²) in [5.41, 5.74) is 5.62. The van der Waals surface area contributed by atoms with Crippen LogP contribution >= 0.6 is 0 Å². The average Bonchev–Trinajstić information content (AvgIpc) is 2.56. The van der Waals surface area contributed by atoms with Gasteiger partial charge in [0.1, 0.15) is 5.75 Å². The van der Waals surface area contributed by atoms with E-state index in [1.165, 1.54) is 29.2 Å². The maximum Gasteiger partial charge on any atom is 0.281 e. The Bertz CT molecular complexity index is 526. The summed E-state index contributed by atoms with van der Waals surface area (Å²) in [6, 6.07) is 5.79. The second-order valence-electron chi connectivity index (χ2n) is 6.33. The smallest absolute Gasteiger partial charge is 0.281 e. The molecule has 2 rings (SSSR count). The van der Waals surface area contributed by atoms with Crippen molar-refractivity contribution in [3.05, 3.63) is 29.8 Å². The number of benzene rings is 1. The molecule has 2 N–H and O–H groups in total. The number of ether oxygens (including phenoxy) is 1. The summed E-state index contributed by atoms with van der Waals surface area (Å²) in [4.78, 5) is 13.6. The van der Waals surface area contributed by atoms with Crippen molar-refractivity contribution < 1.29 is 18.3 Å². The quantitative estimate of drug-likeness (QED) is 0.775. The number of hydrogen-bond donors (Lipinski definition) is 1. The van der Waals surface area contributed by atoms with Crippen molar-refractivity contribution in [2.24, 2.45) is 5.73 Å². The lowest BCUT2D eigenvalue weighted by Gasteiger charge is -2.31. The van der Waals surface area contributed by atoms with Gasteiger partial charge in [0, 0.05) is 24.7 Å². The summed E-state index contributed by atoms with van der Waals surface area (Å²) in [5, 5.41) is 0. The zero-order valence-corrected chi connectivity index (χ0v) is 14.1. The number of piperidine rings is 1. The van der Waals surface area contributed by atoms with Crippen molar-refractivity contribution in [2.75, 3.05) is 19.7 Å². The minimum atomic E-state index is -3.18. The van der Waals surface area contributed by atoms with Gasteiger partial charge < -0.3 is 15.4 Å². The van der Waals surface area contributed by atoms with E-state index in [0.29, 0.717) is 38.3 Å². The zero-order valence-electron chi connectivity index (χ0n) is 14.1. The van der Waals surface area contributed by atoms with Crippen molar-refractivity contribution in [1.82, 2.24) is 4.90 Å². The minimum absolute atomic E-state index is 0.0646. The highest BCUT2D eigenvalue weighted by molar-refractivity contribution is 5.77. The molecular formula is C18H26F2N2O2. The van der Waals surface area contributed by atoms with Crippen LogP contribution in [-0.2, 0) is 10.7 Å². The third-order valence-corrected chi connectivity index (χ3v) is 4.31. The van der Waals surface area contributed by atoms with E-state index in [1.54, 1.807) is 0 Å². The molecule has 0 saturated carbocycles. The topological polar surface area (TPSA) is 55.6 Å². The first-order chi connectivity index (χ1) is 11.4. The number of unbranched alkanes of at least 4 members (excludes halogenated alkanes) is 1. The maximum atomic E-state index is 14.4. The molecule has 1 heterocycles. The fraction of sp³-hybridized carbons (Fsp3) is 0.611. The molecule has 0 atom stereocenters. The summed E-state index contributed by atoms with van der Waals surface area (Å²) in [6.45, 7) is 3.54. The monoisotopic (exact) mass is 340 g/mol. The Labute approximate surface area is 142 Å². The highest BCUT2D eigenvalue weighted by atomic mass is 19.3. The minimum Gasteiger partial charge on any atom is -0.494 e. The molecule has 24 heavy (non-hydrogen) atoms. The van der Waals surface area contributed by atoms with E-state index in [0.717, 1.165) is 12.8 Å². The van der Waals surface area contributed by atoms with Crippen LogP contribution in [0.1, 0.15) is 44.6 Å². The summed E-state index contributed by atoms with van der Waals surface area (Å²) in [5.74, 6) is -3.13. The second kappa shape index (κ2) is 8.42. The lowest BCUT2D eigenvalue weighted by atomic mass is 10.0. The summed E-state index contributed by atoms with van der Waals surface area (Å²) in [6.07, 6.45) is 2.46. The van der Waals surface area contributed by atoms with Crippen LogP contribution in [0.4, 0.5) is 8.78 Å². The number of nitrogens with two attached hydrogens (primary N) is 1. The molecule has 1 aromatic rings. The maximum absolute atomic E-state index is 14.4. The van der Waals surface area contributed by atoms with Crippen molar-refractivity contribution in [3.63, 3.8) is 0 Å². The highest BCUT2D eigenvalue weighted by Crippen LogP contribution is 2.33. The Balaban J connectivity index is 1.92. The first kappa shape index (κ1) is 18.6. The molecule has 4 nitrogen and oxygen atoms in total. The van der Waals surface area contributed by atoms with Gasteiger partial charge in [0.2, 0.25) is 5.91 Å². The lowest BCUT2D eigenvalue weighted by molar-refractivity contribution is -0.140. The van der Waals surface area contributed by atoms with Gasteiger partial charge in [-0.1, -0.05) is 13.3 Å².